The van der Waals surface area contributed by atoms with Crippen molar-refractivity contribution >= 4 is 57.9 Å². The van der Waals surface area contributed by atoms with Crippen LogP contribution in [0.2, 0.25) is 0 Å². The second kappa shape index (κ2) is 14.2. The van der Waals surface area contributed by atoms with E-state index >= 15 is 0 Å². The minimum atomic E-state index is -3.79. The maximum Gasteiger partial charge on any atom is 0.206 e. The normalized spacial score (nSPS) is 13.9. The van der Waals surface area contributed by atoms with Crippen LogP contribution in [0.5, 0.6) is 0 Å². The maximum absolute atomic E-state index is 13.4. The molecule has 0 spiro atoms. The van der Waals surface area contributed by atoms with Gasteiger partial charge in [-0.1, -0.05) is 17.7 Å². The molecule has 4 N–H and O–H groups in total. The lowest BCUT2D eigenvalue weighted by Crippen LogP contribution is -2.55. The molecule has 1 fully saturated rings. The lowest BCUT2D eigenvalue weighted by Gasteiger charge is -2.45. The molecular weight excluding hydrogens is 743 g/mol. The summed E-state index contributed by atoms with van der Waals surface area (Å²) in [6.45, 7) is 3.04. The van der Waals surface area contributed by atoms with Crippen molar-refractivity contribution in [2.45, 2.75) is 36.3 Å². The van der Waals surface area contributed by atoms with E-state index in [1.807, 2.05) is 21.6 Å². The third-order valence-electron chi connectivity index (χ3n) is 9.27. The Kier molecular flexibility index (Phi) is 9.60. The number of hydrogen-bond donors (Lipinski definition) is 2. The van der Waals surface area contributed by atoms with Crippen molar-refractivity contribution in [3.8, 4) is 0 Å². The Morgan fingerprint density at radius 2 is 0.556 bits per heavy atom. The van der Waals surface area contributed by atoms with Crippen LogP contribution in [0.1, 0.15) is 5.56 Å². The number of sulfone groups is 3. The highest BCUT2D eigenvalue weighted by molar-refractivity contribution is 7.92. The number of nitrogen functional groups attached to an aromatic ring is 2. The number of benzene rings is 6. The smallest absolute Gasteiger partial charge is 0.206 e. The second-order valence-corrected chi connectivity index (χ2v) is 18.8. The van der Waals surface area contributed by atoms with Gasteiger partial charge < -0.3 is 26.2 Å². The molecule has 0 amide bonds. The van der Waals surface area contributed by atoms with Crippen LogP contribution in [0.15, 0.2) is 175 Å². The van der Waals surface area contributed by atoms with Crippen LogP contribution in [-0.4, -0.2) is 45.3 Å². The molecular formula is C40H37N5O6S3. The molecule has 0 radical (unpaired) electrons. The molecule has 0 unspecified atom stereocenters. The van der Waals surface area contributed by atoms with Gasteiger partial charge in [-0.05, 0) is 140 Å². The van der Waals surface area contributed by atoms with E-state index < -0.39 is 29.5 Å². The van der Waals surface area contributed by atoms with Crippen molar-refractivity contribution in [2.75, 3.05) is 46.2 Å². The van der Waals surface area contributed by atoms with Gasteiger partial charge in [0.05, 0.1) is 49.4 Å². The summed E-state index contributed by atoms with van der Waals surface area (Å²) in [5.74, 6) is 0. The van der Waals surface area contributed by atoms with E-state index in [0.29, 0.717) is 31.4 Å². The molecule has 0 atom stereocenters. The van der Waals surface area contributed by atoms with Gasteiger partial charge in [0.2, 0.25) is 29.5 Å². The van der Waals surface area contributed by atoms with E-state index in [2.05, 4.69) is 0 Å². The highest BCUT2D eigenvalue weighted by atomic mass is 32.2. The van der Waals surface area contributed by atoms with E-state index in [-0.39, 0.29) is 29.4 Å². The largest absolute Gasteiger partial charge is 0.399 e. The molecule has 0 saturated carbocycles. The Balaban J connectivity index is 1.19. The summed E-state index contributed by atoms with van der Waals surface area (Å²) in [5, 5.41) is 0. The number of nitrogens with two attached hydrogens (primary N) is 2. The van der Waals surface area contributed by atoms with E-state index in [1.54, 1.807) is 121 Å². The van der Waals surface area contributed by atoms with Gasteiger partial charge in [0.25, 0.3) is 0 Å². The predicted molar refractivity (Wildman–Crippen MR) is 211 cm³/mol. The standard InChI is InChI=1S/C40H37N5O6S3/c1-29-2-14-35(15-3-29)52(46,47)38-20-8-32(9-21-38)43-26-44(33-10-22-39(23-11-33)53(48,49)36-16-4-30(41)5-17-36)28-45(27-43)34-12-24-40(25-13-34)54(50,51)37-18-6-31(42)7-19-37/h2-25H,26-28,41-42H2,1H3. The SMILES string of the molecule is Cc1ccc(S(=O)(=O)c2ccc(N3CN(c4ccc(S(=O)(=O)c5ccc(N)cc5)cc4)CN(c4ccc(S(=O)(=O)c5ccc(N)cc5)cc4)C3)cc2)cc1. The molecule has 0 aromatic heterocycles. The van der Waals surface area contributed by atoms with Crippen LogP contribution in [0, 0.1) is 6.92 Å². The molecule has 0 bridgehead atoms. The van der Waals surface area contributed by atoms with Crippen LogP contribution in [0.3, 0.4) is 0 Å². The first kappa shape index (κ1) is 36.5. The summed E-state index contributed by atoms with van der Waals surface area (Å²) in [7, 11) is -11.3. The summed E-state index contributed by atoms with van der Waals surface area (Å²) in [4.78, 5) is 7.03. The Morgan fingerprint density at radius 1 is 0.352 bits per heavy atom. The lowest BCUT2D eigenvalue weighted by atomic mass is 10.2. The molecule has 14 heteroatoms. The Bertz CT molecular complexity index is 2320. The fourth-order valence-corrected chi connectivity index (χ4v) is 9.95. The van der Waals surface area contributed by atoms with E-state index in [0.717, 1.165) is 22.6 Å². The molecule has 276 valence electrons. The van der Waals surface area contributed by atoms with Crippen molar-refractivity contribution < 1.29 is 25.3 Å². The third-order valence-corrected chi connectivity index (χ3v) is 14.6. The van der Waals surface area contributed by atoms with Crippen LogP contribution in [-0.2, 0) is 29.5 Å². The van der Waals surface area contributed by atoms with Gasteiger partial charge in [0.1, 0.15) is 0 Å². The zero-order chi connectivity index (χ0) is 38.3. The Hall–Kier alpha value is -5.83. The summed E-state index contributed by atoms with van der Waals surface area (Å²) in [6, 6.07) is 38.7. The summed E-state index contributed by atoms with van der Waals surface area (Å²) < 4.78 is 80.2. The molecule has 1 aliphatic rings. The molecule has 0 aliphatic carbocycles. The highest BCUT2D eigenvalue weighted by Crippen LogP contribution is 2.32. The molecule has 1 aliphatic heterocycles. The lowest BCUT2D eigenvalue weighted by molar-refractivity contribution is 0.594. The summed E-state index contributed by atoms with van der Waals surface area (Å²) >= 11 is 0. The van der Waals surface area contributed by atoms with Gasteiger partial charge in [0, 0.05) is 28.4 Å². The van der Waals surface area contributed by atoms with Gasteiger partial charge in [-0.15, -0.1) is 0 Å². The fraction of sp³-hybridized carbons (Fsp3) is 0.100. The van der Waals surface area contributed by atoms with Gasteiger partial charge in [-0.25, -0.2) is 25.3 Å². The molecule has 1 heterocycles. The molecule has 6 aromatic rings. The monoisotopic (exact) mass is 779 g/mol. The van der Waals surface area contributed by atoms with Crippen molar-refractivity contribution in [1.82, 2.24) is 0 Å². The van der Waals surface area contributed by atoms with Crippen molar-refractivity contribution in [1.29, 1.82) is 0 Å². The number of nitrogens with zero attached hydrogens (tertiary/aromatic N) is 3. The zero-order valence-corrected chi connectivity index (χ0v) is 31.6. The van der Waals surface area contributed by atoms with Gasteiger partial charge >= 0.3 is 0 Å². The van der Waals surface area contributed by atoms with Gasteiger partial charge in [-0.3, -0.25) is 0 Å². The average Bonchev–Trinajstić information content (AvgIpc) is 3.18. The quantitative estimate of drug-likeness (QED) is 0.157. The molecule has 6 aromatic carbocycles. The molecule has 1 saturated heterocycles. The van der Waals surface area contributed by atoms with Gasteiger partial charge in [-0.2, -0.15) is 0 Å². The number of rotatable bonds is 9. The third kappa shape index (κ3) is 7.23. The van der Waals surface area contributed by atoms with Crippen LogP contribution < -0.4 is 26.2 Å². The number of aryl methyl sites for hydroxylation is 1. The van der Waals surface area contributed by atoms with Crippen LogP contribution in [0.25, 0.3) is 0 Å². The second-order valence-electron chi connectivity index (χ2n) is 13.0. The fourth-order valence-electron chi connectivity index (χ4n) is 6.17. The minimum Gasteiger partial charge on any atom is -0.399 e. The first-order valence-electron chi connectivity index (χ1n) is 16.8. The number of anilines is 5. The van der Waals surface area contributed by atoms with Gasteiger partial charge in [0.15, 0.2) is 0 Å². The van der Waals surface area contributed by atoms with E-state index in [1.165, 1.54) is 24.3 Å². The molecule has 54 heavy (non-hydrogen) atoms. The maximum atomic E-state index is 13.4. The average molecular weight is 780 g/mol. The topological polar surface area (TPSA) is 164 Å². The summed E-state index contributed by atoms with van der Waals surface area (Å²) in [6.07, 6.45) is 0. The Labute approximate surface area is 315 Å². The minimum absolute atomic E-state index is 0.130. The Morgan fingerprint density at radius 3 is 0.796 bits per heavy atom. The number of hydrogen-bond acceptors (Lipinski definition) is 11. The van der Waals surface area contributed by atoms with Crippen molar-refractivity contribution in [3.63, 3.8) is 0 Å². The van der Waals surface area contributed by atoms with Crippen LogP contribution >= 0.6 is 0 Å². The van der Waals surface area contributed by atoms with Crippen molar-refractivity contribution in [3.05, 3.63) is 151 Å². The molecule has 11 nitrogen and oxygen atoms in total. The van der Waals surface area contributed by atoms with E-state index in [4.69, 9.17) is 11.5 Å². The van der Waals surface area contributed by atoms with Crippen molar-refractivity contribution in [2.24, 2.45) is 0 Å². The van der Waals surface area contributed by atoms with E-state index in [9.17, 15) is 25.3 Å². The first-order valence-corrected chi connectivity index (χ1v) is 21.2. The predicted octanol–water partition coefficient (Wildman–Crippen LogP) is 6.36. The molecule has 7 rings (SSSR count). The first-order chi connectivity index (χ1) is 25.7. The zero-order valence-electron chi connectivity index (χ0n) is 29.1. The summed E-state index contributed by atoms with van der Waals surface area (Å²) in [5.41, 5.74) is 15.6. The van der Waals surface area contributed by atoms with Crippen LogP contribution in [0.4, 0.5) is 28.4 Å². The highest BCUT2D eigenvalue weighted by Gasteiger charge is 2.27.